The Morgan fingerprint density at radius 1 is 0.310 bits per heavy atom. The molecule has 0 saturated heterocycles. The number of nitrogens with zero attached hydrogens (tertiary/aromatic N) is 2. The zero-order valence-electron chi connectivity index (χ0n) is 22.8. The highest BCUT2D eigenvalue weighted by atomic mass is 15.0. The first-order chi connectivity index (χ1) is 20.9. The summed E-state index contributed by atoms with van der Waals surface area (Å²) in [7, 11) is 0. The van der Waals surface area contributed by atoms with E-state index in [-0.39, 0.29) is 0 Å². The fourth-order valence-corrected chi connectivity index (χ4v) is 7.55. The first-order valence-electron chi connectivity index (χ1n) is 14.5. The van der Waals surface area contributed by atoms with Crippen LogP contribution in [0.3, 0.4) is 0 Å². The van der Waals surface area contributed by atoms with Gasteiger partial charge in [-0.3, -0.25) is 0 Å². The second-order valence-corrected chi connectivity index (χ2v) is 11.3. The number of aromatic nitrogens is 2. The molecule has 0 fully saturated rings. The van der Waals surface area contributed by atoms with E-state index >= 15 is 0 Å². The summed E-state index contributed by atoms with van der Waals surface area (Å²) in [6, 6.07) is 53.3. The summed E-state index contributed by atoms with van der Waals surface area (Å²) in [5.41, 5.74) is 12.4. The molecule has 42 heavy (non-hydrogen) atoms. The lowest BCUT2D eigenvalue weighted by Crippen LogP contribution is -1.94. The molecule has 1 aliphatic carbocycles. The maximum atomic E-state index is 2.47. The Bertz CT molecular complexity index is 2550. The summed E-state index contributed by atoms with van der Waals surface area (Å²) >= 11 is 0. The van der Waals surface area contributed by atoms with Crippen LogP contribution in [0.5, 0.6) is 0 Å². The highest BCUT2D eigenvalue weighted by Crippen LogP contribution is 2.51. The van der Waals surface area contributed by atoms with Crippen LogP contribution in [-0.2, 0) is 0 Å². The predicted octanol–water partition coefficient (Wildman–Crippen LogP) is 10.7. The molecule has 2 aromatic heterocycles. The van der Waals surface area contributed by atoms with Crippen LogP contribution in [0.4, 0.5) is 0 Å². The smallest absolute Gasteiger partial charge is 0.0548 e. The molecule has 0 unspecified atom stereocenters. The van der Waals surface area contributed by atoms with Gasteiger partial charge in [-0.05, 0) is 76.2 Å². The molecule has 0 N–H and O–H groups in total. The molecule has 0 amide bonds. The number of hydrogen-bond donors (Lipinski definition) is 0. The van der Waals surface area contributed by atoms with Gasteiger partial charge in [0.2, 0.25) is 0 Å². The molecule has 0 aliphatic heterocycles. The Kier molecular flexibility index (Phi) is 4.21. The monoisotopic (exact) mass is 532 g/mol. The third kappa shape index (κ3) is 2.74. The Hall–Kier alpha value is -5.60. The maximum Gasteiger partial charge on any atom is 0.0548 e. The van der Waals surface area contributed by atoms with Crippen molar-refractivity contribution in [2.45, 2.75) is 0 Å². The average Bonchev–Trinajstić information content (AvgIpc) is 3.54. The summed E-state index contributed by atoms with van der Waals surface area (Å²) in [5, 5.41) is 8.01. The van der Waals surface area contributed by atoms with Gasteiger partial charge in [-0.15, -0.1) is 0 Å². The van der Waals surface area contributed by atoms with E-state index < -0.39 is 0 Å². The summed E-state index contributed by atoms with van der Waals surface area (Å²) in [4.78, 5) is 0. The van der Waals surface area contributed by atoms with Crippen molar-refractivity contribution in [3.8, 4) is 33.6 Å². The van der Waals surface area contributed by atoms with Crippen molar-refractivity contribution in [3.05, 3.63) is 146 Å². The molecule has 0 atom stereocenters. The van der Waals surface area contributed by atoms with Crippen LogP contribution < -0.4 is 0 Å². The minimum Gasteiger partial charge on any atom is -0.309 e. The predicted molar refractivity (Wildman–Crippen MR) is 177 cm³/mol. The van der Waals surface area contributed by atoms with E-state index in [0.29, 0.717) is 0 Å². The normalized spacial score (nSPS) is 12.3. The van der Waals surface area contributed by atoms with Crippen molar-refractivity contribution < 1.29 is 0 Å². The van der Waals surface area contributed by atoms with Crippen molar-refractivity contribution in [1.29, 1.82) is 0 Å². The van der Waals surface area contributed by atoms with Crippen LogP contribution in [0, 0.1) is 0 Å². The largest absolute Gasteiger partial charge is 0.309 e. The minimum absolute atomic E-state index is 1.18. The zero-order valence-corrected chi connectivity index (χ0v) is 22.8. The van der Waals surface area contributed by atoms with E-state index in [1.54, 1.807) is 0 Å². The molecule has 0 bridgehead atoms. The molecule has 2 nitrogen and oxygen atoms in total. The number of hydrogen-bond acceptors (Lipinski definition) is 0. The topological polar surface area (TPSA) is 9.86 Å². The van der Waals surface area contributed by atoms with Gasteiger partial charge in [-0.25, -0.2) is 0 Å². The van der Waals surface area contributed by atoms with E-state index in [1.165, 1.54) is 88.0 Å². The lowest BCUT2D eigenvalue weighted by Gasteiger charge is -2.12. The molecule has 7 aromatic carbocycles. The molecule has 0 radical (unpaired) electrons. The maximum absolute atomic E-state index is 2.47. The van der Waals surface area contributed by atoms with E-state index in [0.717, 1.165) is 0 Å². The molecule has 194 valence electrons. The number of rotatable bonds is 3. The Morgan fingerprint density at radius 2 is 0.810 bits per heavy atom. The lowest BCUT2D eigenvalue weighted by molar-refractivity contribution is 1.18. The minimum atomic E-state index is 1.18. The van der Waals surface area contributed by atoms with Crippen LogP contribution >= 0.6 is 0 Å². The standard InChI is InChI=1S/C40H24N2/c1-3-10-25(11-4-1)27-12-7-15-29(24-27)42-33-19-9-17-31-30-16-8-18-32-37(30)39-34(41(32)28-13-5-2-6-14-28)22-20-26-21-23-35(42)40(36(26)39)38(31)33/h1-24H. The summed E-state index contributed by atoms with van der Waals surface area (Å²) < 4.78 is 4.91. The average molecular weight is 533 g/mol. The van der Waals surface area contributed by atoms with Crippen LogP contribution in [0.1, 0.15) is 0 Å². The highest BCUT2D eigenvalue weighted by molar-refractivity contribution is 6.38. The highest BCUT2D eigenvalue weighted by Gasteiger charge is 2.26. The third-order valence-corrected chi connectivity index (χ3v) is 9.21. The molecular weight excluding hydrogens is 508 g/mol. The van der Waals surface area contributed by atoms with Gasteiger partial charge in [0.05, 0.1) is 22.1 Å². The van der Waals surface area contributed by atoms with E-state index in [2.05, 4.69) is 155 Å². The second kappa shape index (κ2) is 7.99. The number of para-hydroxylation sites is 1. The molecule has 1 aliphatic rings. The Labute approximate surface area is 242 Å². The van der Waals surface area contributed by atoms with Crippen LogP contribution in [-0.4, -0.2) is 9.13 Å². The van der Waals surface area contributed by atoms with E-state index in [9.17, 15) is 0 Å². The lowest BCUT2D eigenvalue weighted by atomic mass is 9.98. The van der Waals surface area contributed by atoms with Crippen molar-refractivity contribution in [2.24, 2.45) is 0 Å². The van der Waals surface area contributed by atoms with Gasteiger partial charge >= 0.3 is 0 Å². The zero-order chi connectivity index (χ0) is 27.4. The van der Waals surface area contributed by atoms with Gasteiger partial charge in [0.1, 0.15) is 0 Å². The second-order valence-electron chi connectivity index (χ2n) is 11.3. The molecule has 2 heterocycles. The van der Waals surface area contributed by atoms with Crippen molar-refractivity contribution in [2.75, 3.05) is 0 Å². The summed E-state index contributed by atoms with van der Waals surface area (Å²) in [6.07, 6.45) is 0. The SMILES string of the molecule is c1ccc(-c2cccc(-n3c4cccc5c4c4c6c(ccc7c6c6c-5cccc6n7-c5ccccc5)ccc43)c2)cc1. The quantitative estimate of drug-likeness (QED) is 0.214. The van der Waals surface area contributed by atoms with Crippen molar-refractivity contribution >= 4 is 54.4 Å². The molecular formula is C40H24N2. The molecule has 0 spiro atoms. The van der Waals surface area contributed by atoms with Gasteiger partial charge in [0.25, 0.3) is 0 Å². The molecule has 10 rings (SSSR count). The first-order valence-corrected chi connectivity index (χ1v) is 14.5. The van der Waals surface area contributed by atoms with Gasteiger partial charge in [-0.1, -0.05) is 97.1 Å². The fourth-order valence-electron chi connectivity index (χ4n) is 7.55. The molecule has 9 aromatic rings. The number of benzene rings is 7. The van der Waals surface area contributed by atoms with E-state index in [4.69, 9.17) is 0 Å². The summed E-state index contributed by atoms with van der Waals surface area (Å²) in [6.45, 7) is 0. The van der Waals surface area contributed by atoms with Gasteiger partial charge < -0.3 is 9.13 Å². The van der Waals surface area contributed by atoms with E-state index in [1.807, 2.05) is 0 Å². The van der Waals surface area contributed by atoms with Crippen molar-refractivity contribution in [1.82, 2.24) is 9.13 Å². The first kappa shape index (κ1) is 22.1. The Balaban J connectivity index is 1.41. The third-order valence-electron chi connectivity index (χ3n) is 9.21. The molecule has 0 saturated carbocycles. The summed E-state index contributed by atoms with van der Waals surface area (Å²) in [5.74, 6) is 0. The van der Waals surface area contributed by atoms with Crippen LogP contribution in [0.15, 0.2) is 146 Å². The van der Waals surface area contributed by atoms with Gasteiger partial charge in [0, 0.05) is 38.3 Å². The van der Waals surface area contributed by atoms with Crippen LogP contribution in [0.2, 0.25) is 0 Å². The van der Waals surface area contributed by atoms with Crippen LogP contribution in [0.25, 0.3) is 88.0 Å². The van der Waals surface area contributed by atoms with Crippen molar-refractivity contribution in [3.63, 3.8) is 0 Å². The Morgan fingerprint density at radius 3 is 1.45 bits per heavy atom. The number of fused-ring (bicyclic) bond motifs is 1. The fraction of sp³-hybridized carbons (Fsp3) is 0. The molecule has 2 heteroatoms. The van der Waals surface area contributed by atoms with Gasteiger partial charge in [-0.2, -0.15) is 0 Å². The van der Waals surface area contributed by atoms with Gasteiger partial charge in [0.15, 0.2) is 0 Å².